The molecule has 0 saturated carbocycles. The average molecular weight is 271 g/mol. The van der Waals surface area contributed by atoms with Gasteiger partial charge in [0.1, 0.15) is 0 Å². The summed E-state index contributed by atoms with van der Waals surface area (Å²) in [5.41, 5.74) is 2.66. The zero-order valence-electron chi connectivity index (χ0n) is 11.9. The molecule has 0 bridgehead atoms. The van der Waals surface area contributed by atoms with E-state index in [0.29, 0.717) is 6.04 Å². The summed E-state index contributed by atoms with van der Waals surface area (Å²) in [6.07, 6.45) is 0. The first-order chi connectivity index (χ1) is 9.59. The monoisotopic (exact) mass is 271 g/mol. The molecular formula is C17H21NO2. The van der Waals surface area contributed by atoms with Crippen molar-refractivity contribution in [3.63, 3.8) is 0 Å². The Morgan fingerprint density at radius 3 is 2.00 bits per heavy atom. The topological polar surface area (TPSA) is 49.3 Å². The van der Waals surface area contributed by atoms with E-state index in [4.69, 9.17) is 9.90 Å². The molecule has 3 heteroatoms. The summed E-state index contributed by atoms with van der Waals surface area (Å²) < 4.78 is 0. The molecule has 3 nitrogen and oxygen atoms in total. The van der Waals surface area contributed by atoms with Gasteiger partial charge in [0.2, 0.25) is 0 Å². The third kappa shape index (κ3) is 6.71. The highest BCUT2D eigenvalue weighted by Gasteiger charge is 2.02. The van der Waals surface area contributed by atoms with Crippen molar-refractivity contribution in [1.29, 1.82) is 0 Å². The van der Waals surface area contributed by atoms with Crippen LogP contribution in [0.25, 0.3) is 0 Å². The molecule has 2 rings (SSSR count). The molecule has 0 unspecified atom stereocenters. The minimum absolute atomic E-state index is 0.390. The van der Waals surface area contributed by atoms with Crippen LogP contribution in [0, 0.1) is 0 Å². The quantitative estimate of drug-likeness (QED) is 0.892. The molecule has 0 aromatic heterocycles. The van der Waals surface area contributed by atoms with E-state index in [-0.39, 0.29) is 0 Å². The van der Waals surface area contributed by atoms with Crippen LogP contribution in [0.4, 0.5) is 0 Å². The van der Waals surface area contributed by atoms with Gasteiger partial charge in [0.15, 0.2) is 0 Å². The van der Waals surface area contributed by atoms with Gasteiger partial charge in [-0.1, -0.05) is 60.7 Å². The molecule has 0 aliphatic carbocycles. The van der Waals surface area contributed by atoms with E-state index in [1.165, 1.54) is 11.1 Å². The summed E-state index contributed by atoms with van der Waals surface area (Å²) in [7, 11) is 0. The number of rotatable bonds is 4. The Morgan fingerprint density at radius 1 is 1.05 bits per heavy atom. The van der Waals surface area contributed by atoms with Crippen molar-refractivity contribution >= 4 is 5.97 Å². The molecule has 0 saturated heterocycles. The van der Waals surface area contributed by atoms with Gasteiger partial charge in [-0.2, -0.15) is 0 Å². The third-order valence-electron chi connectivity index (χ3n) is 2.75. The fraction of sp³-hybridized carbons (Fsp3) is 0.235. The van der Waals surface area contributed by atoms with Crippen LogP contribution in [0.1, 0.15) is 31.0 Å². The Balaban J connectivity index is 0.000000444. The second-order valence-electron chi connectivity index (χ2n) is 4.52. The summed E-state index contributed by atoms with van der Waals surface area (Å²) in [4.78, 5) is 9.00. The molecule has 2 aromatic carbocycles. The minimum atomic E-state index is -0.833. The number of hydrogen-bond acceptors (Lipinski definition) is 2. The van der Waals surface area contributed by atoms with Gasteiger partial charge in [-0.05, 0) is 18.1 Å². The van der Waals surface area contributed by atoms with E-state index >= 15 is 0 Å². The standard InChI is InChI=1S/C15H17N.C2H4O2/c1-13(15-10-6-3-7-11-15)16-12-14-8-4-2-5-9-14;1-2(3)4/h2-11,13,16H,12H2,1H3;1H3,(H,3,4)/t13-;/m1./s1. The van der Waals surface area contributed by atoms with E-state index in [0.717, 1.165) is 13.5 Å². The predicted molar refractivity (Wildman–Crippen MR) is 81.4 cm³/mol. The number of carbonyl (C=O) groups is 1. The van der Waals surface area contributed by atoms with Crippen LogP contribution >= 0.6 is 0 Å². The maximum absolute atomic E-state index is 9.00. The molecule has 0 heterocycles. The van der Waals surface area contributed by atoms with Crippen LogP contribution < -0.4 is 5.32 Å². The summed E-state index contributed by atoms with van der Waals surface area (Å²) in [6, 6.07) is 21.4. The number of nitrogens with one attached hydrogen (secondary N) is 1. The smallest absolute Gasteiger partial charge is 0.300 e. The fourth-order valence-corrected chi connectivity index (χ4v) is 1.73. The zero-order chi connectivity index (χ0) is 14.8. The molecule has 0 fully saturated rings. The Bertz CT molecular complexity index is 493. The number of carboxylic acid groups (broad SMARTS) is 1. The van der Waals surface area contributed by atoms with Crippen molar-refractivity contribution in [3.05, 3.63) is 71.8 Å². The van der Waals surface area contributed by atoms with Gasteiger partial charge < -0.3 is 10.4 Å². The van der Waals surface area contributed by atoms with Crippen LogP contribution in [-0.4, -0.2) is 11.1 Å². The Morgan fingerprint density at radius 2 is 1.50 bits per heavy atom. The van der Waals surface area contributed by atoms with Crippen LogP contribution in [0.2, 0.25) is 0 Å². The van der Waals surface area contributed by atoms with Crippen LogP contribution in [-0.2, 0) is 11.3 Å². The van der Waals surface area contributed by atoms with E-state index in [9.17, 15) is 0 Å². The van der Waals surface area contributed by atoms with Crippen molar-refractivity contribution in [2.24, 2.45) is 0 Å². The summed E-state index contributed by atoms with van der Waals surface area (Å²) in [6.45, 7) is 4.19. The van der Waals surface area contributed by atoms with Crippen molar-refractivity contribution in [2.45, 2.75) is 26.4 Å². The highest BCUT2D eigenvalue weighted by molar-refractivity contribution is 5.62. The summed E-state index contributed by atoms with van der Waals surface area (Å²) in [5.74, 6) is -0.833. The second-order valence-corrected chi connectivity index (χ2v) is 4.52. The first-order valence-electron chi connectivity index (χ1n) is 6.61. The zero-order valence-corrected chi connectivity index (χ0v) is 11.9. The lowest BCUT2D eigenvalue weighted by Gasteiger charge is -2.14. The Labute approximate surface area is 120 Å². The molecule has 2 N–H and O–H groups in total. The molecule has 20 heavy (non-hydrogen) atoms. The van der Waals surface area contributed by atoms with Crippen molar-refractivity contribution in [3.8, 4) is 0 Å². The van der Waals surface area contributed by atoms with Crippen LogP contribution in [0.3, 0.4) is 0 Å². The molecule has 0 aliphatic heterocycles. The number of aliphatic carboxylic acids is 1. The van der Waals surface area contributed by atoms with Gasteiger partial charge in [0, 0.05) is 19.5 Å². The molecule has 0 aliphatic rings. The number of hydrogen-bond donors (Lipinski definition) is 2. The lowest BCUT2D eigenvalue weighted by atomic mass is 10.1. The first-order valence-corrected chi connectivity index (χ1v) is 6.61. The van der Waals surface area contributed by atoms with Crippen LogP contribution in [0.5, 0.6) is 0 Å². The first kappa shape index (κ1) is 15.9. The highest BCUT2D eigenvalue weighted by atomic mass is 16.4. The SMILES string of the molecule is CC(=O)O.C[C@@H](NCc1ccccc1)c1ccccc1. The van der Waals surface area contributed by atoms with Gasteiger partial charge in [0.25, 0.3) is 5.97 Å². The molecule has 0 amide bonds. The largest absolute Gasteiger partial charge is 0.481 e. The highest BCUT2D eigenvalue weighted by Crippen LogP contribution is 2.11. The average Bonchev–Trinajstić information content (AvgIpc) is 2.46. The minimum Gasteiger partial charge on any atom is -0.481 e. The molecule has 0 radical (unpaired) electrons. The van der Waals surface area contributed by atoms with Crippen molar-refractivity contribution < 1.29 is 9.90 Å². The third-order valence-corrected chi connectivity index (χ3v) is 2.75. The lowest BCUT2D eigenvalue weighted by Crippen LogP contribution is -2.17. The Kier molecular flexibility index (Phi) is 7.07. The van der Waals surface area contributed by atoms with Gasteiger partial charge in [-0.15, -0.1) is 0 Å². The van der Waals surface area contributed by atoms with E-state index < -0.39 is 5.97 Å². The van der Waals surface area contributed by atoms with Crippen molar-refractivity contribution in [2.75, 3.05) is 0 Å². The maximum Gasteiger partial charge on any atom is 0.300 e. The van der Waals surface area contributed by atoms with E-state index in [2.05, 4.69) is 60.8 Å². The van der Waals surface area contributed by atoms with Gasteiger partial charge >= 0.3 is 0 Å². The lowest BCUT2D eigenvalue weighted by molar-refractivity contribution is -0.134. The van der Waals surface area contributed by atoms with Crippen LogP contribution in [0.15, 0.2) is 60.7 Å². The molecule has 106 valence electrons. The maximum atomic E-state index is 9.00. The number of benzene rings is 2. The number of carboxylic acids is 1. The molecule has 2 aromatic rings. The second kappa shape index (κ2) is 8.88. The summed E-state index contributed by atoms with van der Waals surface area (Å²) in [5, 5.41) is 10.9. The summed E-state index contributed by atoms with van der Waals surface area (Å²) >= 11 is 0. The van der Waals surface area contributed by atoms with Gasteiger partial charge in [0.05, 0.1) is 0 Å². The predicted octanol–water partition coefficient (Wildman–Crippen LogP) is 3.63. The molecule has 0 spiro atoms. The van der Waals surface area contributed by atoms with E-state index in [1.54, 1.807) is 0 Å². The molecular weight excluding hydrogens is 250 g/mol. The van der Waals surface area contributed by atoms with Gasteiger partial charge in [-0.25, -0.2) is 0 Å². The fourth-order valence-electron chi connectivity index (χ4n) is 1.73. The normalized spacial score (nSPS) is 11.1. The van der Waals surface area contributed by atoms with E-state index in [1.807, 2.05) is 12.1 Å². The van der Waals surface area contributed by atoms with Crippen molar-refractivity contribution in [1.82, 2.24) is 5.32 Å². The Hall–Kier alpha value is -2.13. The van der Waals surface area contributed by atoms with Gasteiger partial charge in [-0.3, -0.25) is 4.79 Å². The molecule has 1 atom stereocenters.